The van der Waals surface area contributed by atoms with Crippen molar-refractivity contribution in [2.24, 2.45) is 0 Å². The Morgan fingerprint density at radius 1 is 1.21 bits per heavy atom. The first kappa shape index (κ1) is 9.52. The Kier molecular flexibility index (Phi) is 2.46. The normalized spacial score (nSPS) is 19.4. The predicted octanol–water partition coefficient (Wildman–Crippen LogP) is 1.84. The van der Waals surface area contributed by atoms with Crippen LogP contribution in [0, 0.1) is 0 Å². The Labute approximate surface area is 81.8 Å². The molecule has 0 aromatic heterocycles. The smallest absolute Gasteiger partial charge is 0.399 e. The van der Waals surface area contributed by atoms with Crippen LogP contribution in [-0.2, 0) is 13.6 Å². The van der Waals surface area contributed by atoms with Gasteiger partial charge in [0.05, 0.1) is 13.2 Å². The van der Waals surface area contributed by atoms with Gasteiger partial charge < -0.3 is 5.73 Å². The average molecular weight is 214 g/mol. The van der Waals surface area contributed by atoms with Crippen LogP contribution in [0.15, 0.2) is 24.3 Å². The van der Waals surface area contributed by atoms with Crippen LogP contribution in [0.3, 0.4) is 0 Å². The van der Waals surface area contributed by atoms with Gasteiger partial charge in [-0.1, -0.05) is 0 Å². The molecular formula is C8H11N2O3P. The first-order chi connectivity index (χ1) is 6.68. The molecule has 1 aliphatic heterocycles. The Morgan fingerprint density at radius 2 is 1.79 bits per heavy atom. The molecule has 76 valence electrons. The van der Waals surface area contributed by atoms with E-state index in [1.165, 1.54) is 0 Å². The van der Waals surface area contributed by atoms with Crippen molar-refractivity contribution in [3.05, 3.63) is 24.3 Å². The quantitative estimate of drug-likeness (QED) is 0.580. The molecule has 0 amide bonds. The van der Waals surface area contributed by atoms with Gasteiger partial charge >= 0.3 is 7.75 Å². The van der Waals surface area contributed by atoms with Gasteiger partial charge in [0.1, 0.15) is 0 Å². The summed E-state index contributed by atoms with van der Waals surface area (Å²) in [6.45, 7) is 0.721. The molecule has 1 aromatic carbocycles. The SMILES string of the molecule is Nc1ccc(NP2(=O)OCCO2)cc1. The summed E-state index contributed by atoms with van der Waals surface area (Å²) >= 11 is 0. The molecule has 1 fully saturated rings. The van der Waals surface area contributed by atoms with Crippen molar-refractivity contribution < 1.29 is 13.6 Å². The van der Waals surface area contributed by atoms with Crippen molar-refractivity contribution >= 4 is 19.1 Å². The minimum absolute atomic E-state index is 0.360. The minimum Gasteiger partial charge on any atom is -0.399 e. The molecule has 5 nitrogen and oxygen atoms in total. The second kappa shape index (κ2) is 3.61. The van der Waals surface area contributed by atoms with E-state index in [1.54, 1.807) is 24.3 Å². The summed E-state index contributed by atoms with van der Waals surface area (Å²) in [7, 11) is -3.10. The lowest BCUT2D eigenvalue weighted by Gasteiger charge is -2.11. The number of nitrogens with two attached hydrogens (primary N) is 1. The van der Waals surface area contributed by atoms with Gasteiger partial charge in [0.15, 0.2) is 0 Å². The Balaban J connectivity index is 2.10. The van der Waals surface area contributed by atoms with Crippen molar-refractivity contribution in [3.8, 4) is 0 Å². The summed E-state index contributed by atoms with van der Waals surface area (Å²) in [5, 5.41) is 2.70. The Morgan fingerprint density at radius 3 is 2.36 bits per heavy atom. The highest BCUT2D eigenvalue weighted by molar-refractivity contribution is 7.55. The van der Waals surface area contributed by atoms with E-state index in [9.17, 15) is 4.57 Å². The fourth-order valence-corrected chi connectivity index (χ4v) is 2.43. The third-order valence-corrected chi connectivity index (χ3v) is 3.36. The third-order valence-electron chi connectivity index (χ3n) is 1.78. The molecule has 1 aliphatic rings. The molecule has 0 atom stereocenters. The Bertz CT molecular complexity index is 355. The van der Waals surface area contributed by atoms with Crippen LogP contribution in [0.2, 0.25) is 0 Å². The molecule has 2 rings (SSSR count). The summed E-state index contributed by atoms with van der Waals surface area (Å²) in [4.78, 5) is 0. The molecule has 0 unspecified atom stereocenters. The fraction of sp³-hybridized carbons (Fsp3) is 0.250. The molecule has 0 aliphatic carbocycles. The monoisotopic (exact) mass is 214 g/mol. The number of benzene rings is 1. The first-order valence-electron chi connectivity index (χ1n) is 4.21. The highest BCUT2D eigenvalue weighted by atomic mass is 31.2. The molecule has 0 saturated carbocycles. The third kappa shape index (κ3) is 2.07. The second-order valence-electron chi connectivity index (χ2n) is 2.90. The van der Waals surface area contributed by atoms with Gasteiger partial charge in [-0.15, -0.1) is 0 Å². The van der Waals surface area contributed by atoms with Crippen LogP contribution >= 0.6 is 7.75 Å². The number of hydrogen-bond acceptors (Lipinski definition) is 4. The lowest BCUT2D eigenvalue weighted by Crippen LogP contribution is -1.96. The average Bonchev–Trinajstić information content (AvgIpc) is 2.57. The molecule has 1 saturated heterocycles. The number of anilines is 2. The second-order valence-corrected chi connectivity index (χ2v) is 4.63. The van der Waals surface area contributed by atoms with Crippen molar-refractivity contribution in [2.75, 3.05) is 24.0 Å². The summed E-state index contributed by atoms with van der Waals surface area (Å²) < 4.78 is 21.6. The summed E-state index contributed by atoms with van der Waals surface area (Å²) in [6.07, 6.45) is 0. The lowest BCUT2D eigenvalue weighted by molar-refractivity contribution is 0.359. The Hall–Kier alpha value is -1.03. The van der Waals surface area contributed by atoms with Gasteiger partial charge in [-0.2, -0.15) is 0 Å². The van der Waals surface area contributed by atoms with Gasteiger partial charge in [-0.05, 0) is 24.3 Å². The van der Waals surface area contributed by atoms with Crippen molar-refractivity contribution in [1.82, 2.24) is 0 Å². The summed E-state index contributed by atoms with van der Waals surface area (Å²) in [5.41, 5.74) is 6.83. The highest BCUT2D eigenvalue weighted by Crippen LogP contribution is 2.51. The van der Waals surface area contributed by atoms with Crippen LogP contribution in [0.25, 0.3) is 0 Å². The van der Waals surface area contributed by atoms with Crippen LogP contribution in [0.1, 0.15) is 0 Å². The van der Waals surface area contributed by atoms with Crippen molar-refractivity contribution in [3.63, 3.8) is 0 Å². The van der Waals surface area contributed by atoms with Crippen LogP contribution in [0.4, 0.5) is 11.4 Å². The zero-order valence-corrected chi connectivity index (χ0v) is 8.37. The van der Waals surface area contributed by atoms with Crippen LogP contribution < -0.4 is 10.8 Å². The van der Waals surface area contributed by atoms with Gasteiger partial charge in [0.25, 0.3) is 0 Å². The molecule has 1 heterocycles. The van der Waals surface area contributed by atoms with E-state index >= 15 is 0 Å². The van der Waals surface area contributed by atoms with Crippen LogP contribution in [0.5, 0.6) is 0 Å². The number of hydrogen-bond donors (Lipinski definition) is 2. The number of nitrogens with one attached hydrogen (secondary N) is 1. The lowest BCUT2D eigenvalue weighted by atomic mass is 10.3. The predicted molar refractivity (Wildman–Crippen MR) is 54.0 cm³/mol. The minimum atomic E-state index is -3.10. The fourth-order valence-electron chi connectivity index (χ4n) is 1.13. The molecule has 0 bridgehead atoms. The van der Waals surface area contributed by atoms with E-state index in [-0.39, 0.29) is 0 Å². The molecular weight excluding hydrogens is 203 g/mol. The van der Waals surface area contributed by atoms with E-state index < -0.39 is 7.75 Å². The molecule has 14 heavy (non-hydrogen) atoms. The maximum Gasteiger partial charge on any atom is 0.432 e. The molecule has 0 spiro atoms. The van der Waals surface area contributed by atoms with Crippen LogP contribution in [-0.4, -0.2) is 13.2 Å². The van der Waals surface area contributed by atoms with Gasteiger partial charge in [-0.3, -0.25) is 14.1 Å². The highest BCUT2D eigenvalue weighted by Gasteiger charge is 2.29. The molecule has 3 N–H and O–H groups in total. The maximum atomic E-state index is 11.7. The van der Waals surface area contributed by atoms with Crippen molar-refractivity contribution in [1.29, 1.82) is 0 Å². The summed E-state index contributed by atoms with van der Waals surface area (Å²) in [5.74, 6) is 0. The standard InChI is InChI=1S/C8H11N2O3P/c9-7-1-3-8(4-2-7)10-14(11)12-5-6-13-14/h1-4H,5-6,9H2,(H,10,11). The zero-order valence-electron chi connectivity index (χ0n) is 7.47. The van der Waals surface area contributed by atoms with E-state index in [1.807, 2.05) is 0 Å². The molecule has 0 radical (unpaired) electrons. The molecule has 1 aromatic rings. The number of nitrogen functional groups attached to an aromatic ring is 1. The summed E-state index contributed by atoms with van der Waals surface area (Å²) in [6, 6.07) is 6.87. The van der Waals surface area contributed by atoms with Gasteiger partial charge in [-0.25, -0.2) is 4.57 Å². The van der Waals surface area contributed by atoms with E-state index in [0.29, 0.717) is 24.6 Å². The number of rotatable bonds is 2. The van der Waals surface area contributed by atoms with Gasteiger partial charge in [0, 0.05) is 11.4 Å². The zero-order chi connectivity index (χ0) is 10.0. The van der Waals surface area contributed by atoms with E-state index in [0.717, 1.165) is 0 Å². The van der Waals surface area contributed by atoms with Gasteiger partial charge in [0.2, 0.25) is 0 Å². The van der Waals surface area contributed by atoms with Crippen molar-refractivity contribution in [2.45, 2.75) is 0 Å². The largest absolute Gasteiger partial charge is 0.432 e. The topological polar surface area (TPSA) is 73.6 Å². The van der Waals surface area contributed by atoms with E-state index in [2.05, 4.69) is 5.09 Å². The molecule has 6 heteroatoms. The maximum absolute atomic E-state index is 11.7. The first-order valence-corrected chi connectivity index (χ1v) is 5.75. The van der Waals surface area contributed by atoms with E-state index in [4.69, 9.17) is 14.8 Å².